The van der Waals surface area contributed by atoms with Gasteiger partial charge < -0.3 is 10.3 Å². The Labute approximate surface area is 163 Å². The van der Waals surface area contributed by atoms with Crippen molar-refractivity contribution in [3.63, 3.8) is 0 Å². The predicted molar refractivity (Wildman–Crippen MR) is 110 cm³/mol. The van der Waals surface area contributed by atoms with E-state index in [4.69, 9.17) is 11.6 Å². The molecule has 8 heteroatoms. The summed E-state index contributed by atoms with van der Waals surface area (Å²) >= 11 is 7.76. The van der Waals surface area contributed by atoms with E-state index < -0.39 is 0 Å². The van der Waals surface area contributed by atoms with Crippen LogP contribution in [0.3, 0.4) is 0 Å². The van der Waals surface area contributed by atoms with Gasteiger partial charge in [-0.15, -0.1) is 11.3 Å². The van der Waals surface area contributed by atoms with Gasteiger partial charge in [-0.1, -0.05) is 29.8 Å². The van der Waals surface area contributed by atoms with Crippen molar-refractivity contribution in [2.75, 3.05) is 18.4 Å². The highest BCUT2D eigenvalue weighted by Gasteiger charge is 2.18. The van der Waals surface area contributed by atoms with E-state index in [0.717, 1.165) is 45.6 Å². The zero-order valence-corrected chi connectivity index (χ0v) is 15.6. The topological polar surface area (TPSA) is 82.2 Å². The zero-order valence-electron chi connectivity index (χ0n) is 14.0. The van der Waals surface area contributed by atoms with Crippen LogP contribution in [0.5, 0.6) is 0 Å². The number of hydrogen-bond acceptors (Lipinski definition) is 5. The molecule has 6 nitrogen and oxygen atoms in total. The molecule has 3 N–H and O–H groups in total. The number of aliphatic imine (C=N–C) groups is 1. The number of amidine groups is 1. The fourth-order valence-corrected chi connectivity index (χ4v) is 4.54. The standard InChI is InChI=1S/C19H14ClN5OS/c20-15-11-3-1-2-4-14(11)27-16(15)18(26)25-19-23-12-6-5-10(9-13(12)24-19)17-21-7-8-22-17/h1-6,9H,7-8H2,(H,21,22)(H2,23,24,25,26). The smallest absolute Gasteiger partial charge is 0.269 e. The predicted octanol–water partition coefficient (Wildman–Crippen LogP) is 4.03. The maximum atomic E-state index is 12.7. The van der Waals surface area contributed by atoms with Gasteiger partial charge in [0.15, 0.2) is 0 Å². The van der Waals surface area contributed by atoms with E-state index in [1.807, 2.05) is 42.5 Å². The lowest BCUT2D eigenvalue weighted by atomic mass is 10.2. The van der Waals surface area contributed by atoms with Crippen LogP contribution in [0.25, 0.3) is 21.1 Å². The first-order valence-corrected chi connectivity index (χ1v) is 9.65. The van der Waals surface area contributed by atoms with Crippen LogP contribution in [-0.2, 0) is 0 Å². The summed E-state index contributed by atoms with van der Waals surface area (Å²) in [5.41, 5.74) is 2.60. The number of aromatic nitrogens is 2. The van der Waals surface area contributed by atoms with Crippen molar-refractivity contribution in [1.29, 1.82) is 0 Å². The summed E-state index contributed by atoms with van der Waals surface area (Å²) in [6.45, 7) is 1.64. The van der Waals surface area contributed by atoms with Crippen molar-refractivity contribution in [2.24, 2.45) is 4.99 Å². The molecule has 0 aliphatic carbocycles. The van der Waals surface area contributed by atoms with Gasteiger partial charge in [0.25, 0.3) is 5.91 Å². The molecule has 27 heavy (non-hydrogen) atoms. The van der Waals surface area contributed by atoms with E-state index in [1.54, 1.807) is 0 Å². The minimum atomic E-state index is -0.276. The average molecular weight is 396 g/mol. The first kappa shape index (κ1) is 16.3. The minimum Gasteiger partial charge on any atom is -0.368 e. The maximum absolute atomic E-state index is 12.7. The molecule has 5 rings (SSSR count). The highest BCUT2D eigenvalue weighted by atomic mass is 35.5. The summed E-state index contributed by atoms with van der Waals surface area (Å²) in [7, 11) is 0. The molecule has 0 bridgehead atoms. The molecule has 1 amide bonds. The van der Waals surface area contributed by atoms with E-state index in [0.29, 0.717) is 15.8 Å². The number of halogens is 1. The molecule has 0 fully saturated rings. The van der Waals surface area contributed by atoms with Crippen molar-refractivity contribution in [3.05, 3.63) is 57.9 Å². The Kier molecular flexibility index (Phi) is 3.84. The zero-order chi connectivity index (χ0) is 18.4. The van der Waals surface area contributed by atoms with Gasteiger partial charge in [-0.05, 0) is 24.3 Å². The Morgan fingerprint density at radius 3 is 2.93 bits per heavy atom. The fourth-order valence-electron chi connectivity index (χ4n) is 3.13. The summed E-state index contributed by atoms with van der Waals surface area (Å²) in [6.07, 6.45) is 0. The molecule has 0 saturated carbocycles. The summed E-state index contributed by atoms with van der Waals surface area (Å²) in [6, 6.07) is 13.5. The Morgan fingerprint density at radius 2 is 2.11 bits per heavy atom. The number of H-pyrrole nitrogens is 1. The molecule has 134 valence electrons. The average Bonchev–Trinajstić information content (AvgIpc) is 3.40. The minimum absolute atomic E-state index is 0.276. The lowest BCUT2D eigenvalue weighted by Gasteiger charge is -2.01. The Hall–Kier alpha value is -2.90. The van der Waals surface area contributed by atoms with E-state index in [-0.39, 0.29) is 5.91 Å². The lowest BCUT2D eigenvalue weighted by Crippen LogP contribution is -2.19. The molecular formula is C19H14ClN5OS. The van der Waals surface area contributed by atoms with E-state index in [2.05, 4.69) is 25.6 Å². The first-order chi connectivity index (χ1) is 13.2. The van der Waals surface area contributed by atoms with Gasteiger partial charge in [0, 0.05) is 22.2 Å². The van der Waals surface area contributed by atoms with E-state index in [9.17, 15) is 4.79 Å². The number of nitrogens with one attached hydrogen (secondary N) is 3. The van der Waals surface area contributed by atoms with Crippen molar-refractivity contribution in [3.8, 4) is 0 Å². The number of aromatic amines is 1. The largest absolute Gasteiger partial charge is 0.368 e. The molecule has 0 atom stereocenters. The van der Waals surface area contributed by atoms with Crippen LogP contribution >= 0.6 is 22.9 Å². The summed E-state index contributed by atoms with van der Waals surface area (Å²) in [5.74, 6) is 0.999. The van der Waals surface area contributed by atoms with Crippen LogP contribution in [-0.4, -0.2) is 34.8 Å². The quantitative estimate of drug-likeness (QED) is 0.489. The number of carbonyl (C=O) groups excluding carboxylic acids is 1. The molecule has 4 aromatic rings. The number of imidazole rings is 1. The normalized spacial score (nSPS) is 13.7. The number of carbonyl (C=O) groups is 1. The summed E-state index contributed by atoms with van der Waals surface area (Å²) < 4.78 is 0.978. The van der Waals surface area contributed by atoms with E-state index >= 15 is 0 Å². The van der Waals surface area contributed by atoms with E-state index in [1.165, 1.54) is 11.3 Å². The number of anilines is 1. The van der Waals surface area contributed by atoms with Crippen LogP contribution in [0.15, 0.2) is 47.5 Å². The molecule has 1 aliphatic rings. The van der Waals surface area contributed by atoms with Gasteiger partial charge in [0.05, 0.1) is 22.6 Å². The second kappa shape index (κ2) is 6.37. The number of benzene rings is 2. The van der Waals surface area contributed by atoms with Gasteiger partial charge in [-0.3, -0.25) is 15.1 Å². The highest BCUT2D eigenvalue weighted by Crippen LogP contribution is 2.35. The number of amides is 1. The third-order valence-corrected chi connectivity index (χ3v) is 6.08. The molecule has 0 radical (unpaired) electrons. The van der Waals surface area contributed by atoms with Crippen LogP contribution < -0.4 is 10.6 Å². The maximum Gasteiger partial charge on any atom is 0.269 e. The molecule has 0 spiro atoms. The van der Waals surface area contributed by atoms with Crippen LogP contribution in [0.4, 0.5) is 5.95 Å². The molecule has 0 saturated heterocycles. The summed E-state index contributed by atoms with van der Waals surface area (Å²) in [4.78, 5) is 25.2. The van der Waals surface area contributed by atoms with Gasteiger partial charge in [-0.2, -0.15) is 0 Å². The second-order valence-electron chi connectivity index (χ2n) is 6.17. The summed E-state index contributed by atoms with van der Waals surface area (Å²) in [5, 5.41) is 7.41. The van der Waals surface area contributed by atoms with Gasteiger partial charge in [0.1, 0.15) is 10.7 Å². The highest BCUT2D eigenvalue weighted by molar-refractivity contribution is 7.21. The first-order valence-electron chi connectivity index (χ1n) is 8.46. The van der Waals surface area contributed by atoms with Crippen LogP contribution in [0.1, 0.15) is 15.2 Å². The molecule has 0 unspecified atom stereocenters. The van der Waals surface area contributed by atoms with Gasteiger partial charge in [-0.25, -0.2) is 4.98 Å². The third-order valence-electron chi connectivity index (χ3n) is 4.40. The van der Waals surface area contributed by atoms with Crippen LogP contribution in [0.2, 0.25) is 5.02 Å². The number of rotatable bonds is 3. The molecular weight excluding hydrogens is 382 g/mol. The number of hydrogen-bond donors (Lipinski definition) is 3. The van der Waals surface area contributed by atoms with Crippen molar-refractivity contribution < 1.29 is 4.79 Å². The van der Waals surface area contributed by atoms with Gasteiger partial charge >= 0.3 is 0 Å². The molecule has 2 aromatic carbocycles. The Bertz CT molecular complexity index is 1230. The second-order valence-corrected chi connectivity index (χ2v) is 7.60. The van der Waals surface area contributed by atoms with Crippen LogP contribution in [0, 0.1) is 0 Å². The monoisotopic (exact) mass is 395 g/mol. The molecule has 2 aromatic heterocycles. The van der Waals surface area contributed by atoms with Crippen molar-refractivity contribution >= 4 is 61.7 Å². The Morgan fingerprint density at radius 1 is 1.22 bits per heavy atom. The third kappa shape index (κ3) is 2.85. The molecule has 3 heterocycles. The number of thiophene rings is 1. The Balaban J connectivity index is 1.45. The number of fused-ring (bicyclic) bond motifs is 2. The number of nitrogens with zero attached hydrogens (tertiary/aromatic N) is 2. The van der Waals surface area contributed by atoms with Crippen molar-refractivity contribution in [1.82, 2.24) is 15.3 Å². The lowest BCUT2D eigenvalue weighted by molar-refractivity contribution is 0.103. The fraction of sp³-hybridized carbons (Fsp3) is 0.105. The SMILES string of the molecule is O=C(Nc1nc2ccc(C3=NCCN3)cc2[nH]1)c1sc2ccccc2c1Cl. The van der Waals surface area contributed by atoms with Gasteiger partial charge in [0.2, 0.25) is 5.95 Å². The molecule has 1 aliphatic heterocycles. The van der Waals surface area contributed by atoms with Crippen molar-refractivity contribution in [2.45, 2.75) is 0 Å².